The quantitative estimate of drug-likeness (QED) is 0.740. The molecule has 2 aliphatic heterocycles. The first-order valence-electron chi connectivity index (χ1n) is 7.32. The third-order valence-corrected chi connectivity index (χ3v) is 3.94. The number of fused-ring (bicyclic) bond motifs is 2. The van der Waals surface area contributed by atoms with Crippen LogP contribution < -0.4 is 5.32 Å². The van der Waals surface area contributed by atoms with Crippen LogP contribution in [-0.4, -0.2) is 18.0 Å². The molecule has 0 amide bonds. The van der Waals surface area contributed by atoms with Crippen molar-refractivity contribution in [2.75, 3.05) is 12.4 Å². The number of benzene rings is 2. The summed E-state index contributed by atoms with van der Waals surface area (Å²) in [6.45, 7) is 4.45. The van der Waals surface area contributed by atoms with Crippen LogP contribution >= 0.6 is 0 Å². The molecule has 2 aromatic carbocycles. The molecule has 2 aromatic rings. The minimum atomic E-state index is 0. The molecule has 0 saturated heterocycles. The molecule has 2 heterocycles. The van der Waals surface area contributed by atoms with Gasteiger partial charge < -0.3 is 5.32 Å². The van der Waals surface area contributed by atoms with Gasteiger partial charge in [0.05, 0.1) is 0 Å². The van der Waals surface area contributed by atoms with Crippen molar-refractivity contribution in [3.8, 4) is 0 Å². The Morgan fingerprint density at radius 1 is 0.864 bits per heavy atom. The summed E-state index contributed by atoms with van der Waals surface area (Å²) in [5.74, 6) is 0. The molecule has 22 heavy (non-hydrogen) atoms. The maximum atomic E-state index is 3.40. The van der Waals surface area contributed by atoms with Gasteiger partial charge in [0.15, 0.2) is 0 Å². The first-order chi connectivity index (χ1) is 9.72. The molecule has 0 radical (unpaired) electrons. The molecule has 0 fully saturated rings. The Hall–Kier alpha value is -1.80. The Bertz CT molecular complexity index is 488. The predicted octanol–water partition coefficient (Wildman–Crippen LogP) is 4.95. The van der Waals surface area contributed by atoms with Crippen molar-refractivity contribution < 1.29 is 0 Å². The lowest BCUT2D eigenvalue weighted by Gasteiger charge is -2.02. The summed E-state index contributed by atoms with van der Waals surface area (Å²) in [6, 6.07) is 17.7. The number of hydrogen-bond donors (Lipinski definition) is 1. The van der Waals surface area contributed by atoms with Crippen molar-refractivity contribution in [3.63, 3.8) is 0 Å². The zero-order chi connectivity index (χ0) is 13.9. The van der Waals surface area contributed by atoms with Crippen LogP contribution in [0, 0.1) is 0 Å². The summed E-state index contributed by atoms with van der Waals surface area (Å²) >= 11 is 0. The Balaban J connectivity index is 0.000000202. The van der Waals surface area contributed by atoms with Gasteiger partial charge >= 0.3 is 0 Å². The number of rotatable bonds is 0. The van der Waals surface area contributed by atoms with Gasteiger partial charge in [0, 0.05) is 24.8 Å². The van der Waals surface area contributed by atoms with Crippen molar-refractivity contribution in [2.24, 2.45) is 0 Å². The van der Waals surface area contributed by atoms with E-state index in [1.807, 2.05) is 0 Å². The topological polar surface area (TPSA) is 15.3 Å². The molecule has 4 rings (SSSR count). The summed E-state index contributed by atoms with van der Waals surface area (Å²) < 4.78 is 0. The molecular weight excluding hydrogens is 268 g/mol. The van der Waals surface area contributed by atoms with E-state index in [-0.39, 0.29) is 14.9 Å². The SMILES string of the molecule is C.C.CC1Cc2ccccc2N1.CN1Cc2ccccc2C1. The highest BCUT2D eigenvalue weighted by Crippen LogP contribution is 2.24. The average Bonchev–Trinajstić information content (AvgIpc) is 2.99. The highest BCUT2D eigenvalue weighted by molar-refractivity contribution is 5.56. The summed E-state index contributed by atoms with van der Waals surface area (Å²) in [4.78, 5) is 2.32. The zero-order valence-electron chi connectivity index (χ0n) is 12.3. The summed E-state index contributed by atoms with van der Waals surface area (Å²) in [5.41, 5.74) is 5.75. The van der Waals surface area contributed by atoms with Crippen LogP contribution in [0.5, 0.6) is 0 Å². The highest BCUT2D eigenvalue weighted by Gasteiger charge is 2.14. The Morgan fingerprint density at radius 3 is 1.91 bits per heavy atom. The first-order valence-corrected chi connectivity index (χ1v) is 7.32. The highest BCUT2D eigenvalue weighted by atomic mass is 15.1. The van der Waals surface area contributed by atoms with Crippen LogP contribution in [0.25, 0.3) is 0 Å². The van der Waals surface area contributed by atoms with E-state index in [2.05, 4.69) is 72.7 Å². The lowest BCUT2D eigenvalue weighted by Crippen LogP contribution is -2.08. The van der Waals surface area contributed by atoms with Gasteiger partial charge in [0.25, 0.3) is 0 Å². The van der Waals surface area contributed by atoms with Gasteiger partial charge in [-0.2, -0.15) is 0 Å². The molecule has 0 aliphatic carbocycles. The van der Waals surface area contributed by atoms with E-state index in [0.717, 1.165) is 13.1 Å². The molecule has 1 unspecified atom stereocenters. The fourth-order valence-corrected chi connectivity index (χ4v) is 2.99. The fourth-order valence-electron chi connectivity index (χ4n) is 2.99. The van der Waals surface area contributed by atoms with Crippen molar-refractivity contribution in [3.05, 3.63) is 65.2 Å². The van der Waals surface area contributed by atoms with Crippen LogP contribution in [0.3, 0.4) is 0 Å². The molecule has 120 valence electrons. The largest absolute Gasteiger partial charge is 0.382 e. The second kappa shape index (κ2) is 8.00. The van der Waals surface area contributed by atoms with Crippen molar-refractivity contribution in [1.82, 2.24) is 4.90 Å². The smallest absolute Gasteiger partial charge is 0.0375 e. The number of hydrogen-bond acceptors (Lipinski definition) is 2. The number of para-hydroxylation sites is 1. The second-order valence-corrected chi connectivity index (χ2v) is 5.85. The third kappa shape index (κ3) is 4.11. The van der Waals surface area contributed by atoms with E-state index in [1.165, 1.54) is 28.8 Å². The molecule has 0 aromatic heterocycles. The fraction of sp³-hybridized carbons (Fsp3) is 0.400. The summed E-state index contributed by atoms with van der Waals surface area (Å²) in [6.07, 6.45) is 1.18. The maximum Gasteiger partial charge on any atom is 0.0375 e. The molecule has 0 spiro atoms. The Kier molecular flexibility index (Phi) is 6.63. The van der Waals surface area contributed by atoms with E-state index in [4.69, 9.17) is 0 Å². The Morgan fingerprint density at radius 2 is 1.36 bits per heavy atom. The zero-order valence-corrected chi connectivity index (χ0v) is 12.3. The van der Waals surface area contributed by atoms with Gasteiger partial charge in [-0.3, -0.25) is 4.90 Å². The van der Waals surface area contributed by atoms with Gasteiger partial charge in [0.1, 0.15) is 0 Å². The molecular formula is C20H30N2. The lowest BCUT2D eigenvalue weighted by molar-refractivity contribution is 0.353. The van der Waals surface area contributed by atoms with Gasteiger partial charge in [0.2, 0.25) is 0 Å². The minimum Gasteiger partial charge on any atom is -0.382 e. The molecule has 0 bridgehead atoms. The third-order valence-electron chi connectivity index (χ3n) is 3.94. The number of nitrogens with one attached hydrogen (secondary N) is 1. The van der Waals surface area contributed by atoms with E-state index in [0.29, 0.717) is 6.04 Å². The van der Waals surface area contributed by atoms with E-state index < -0.39 is 0 Å². The predicted molar refractivity (Wildman–Crippen MR) is 98.3 cm³/mol. The summed E-state index contributed by atoms with van der Waals surface area (Å²) in [7, 11) is 2.15. The molecule has 0 saturated carbocycles. The Labute approximate surface area is 136 Å². The normalized spacial score (nSPS) is 17.8. The van der Waals surface area contributed by atoms with Crippen LogP contribution in [-0.2, 0) is 19.5 Å². The van der Waals surface area contributed by atoms with Gasteiger partial charge in [-0.15, -0.1) is 0 Å². The number of anilines is 1. The molecule has 1 N–H and O–H groups in total. The molecule has 1 atom stereocenters. The number of nitrogens with zero attached hydrogens (tertiary/aromatic N) is 1. The minimum absolute atomic E-state index is 0. The van der Waals surface area contributed by atoms with Crippen molar-refractivity contribution >= 4 is 5.69 Å². The van der Waals surface area contributed by atoms with Gasteiger partial charge in [-0.25, -0.2) is 0 Å². The van der Waals surface area contributed by atoms with Gasteiger partial charge in [-0.1, -0.05) is 57.3 Å². The van der Waals surface area contributed by atoms with E-state index in [1.54, 1.807) is 0 Å². The van der Waals surface area contributed by atoms with Crippen LogP contribution in [0.2, 0.25) is 0 Å². The van der Waals surface area contributed by atoms with E-state index in [9.17, 15) is 0 Å². The maximum absolute atomic E-state index is 3.40. The van der Waals surface area contributed by atoms with Gasteiger partial charge in [-0.05, 0) is 43.1 Å². The van der Waals surface area contributed by atoms with Crippen LogP contribution in [0.4, 0.5) is 5.69 Å². The van der Waals surface area contributed by atoms with Crippen molar-refractivity contribution in [1.29, 1.82) is 0 Å². The molecule has 2 heteroatoms. The summed E-state index contributed by atoms with van der Waals surface area (Å²) in [5, 5.41) is 3.40. The molecule has 2 aliphatic rings. The monoisotopic (exact) mass is 298 g/mol. The second-order valence-electron chi connectivity index (χ2n) is 5.85. The molecule has 2 nitrogen and oxygen atoms in total. The van der Waals surface area contributed by atoms with Crippen LogP contribution in [0.1, 0.15) is 38.5 Å². The lowest BCUT2D eigenvalue weighted by atomic mass is 10.1. The first kappa shape index (κ1) is 18.2. The standard InChI is InChI=1S/2C9H11N.2CH4/c1-10-6-8-4-2-3-5-9(8)7-10;1-7-6-8-4-2-3-5-9(8)10-7;;/h2-5H,6-7H2,1H3;2-5,7,10H,6H2,1H3;2*1H4. The van der Waals surface area contributed by atoms with E-state index >= 15 is 0 Å². The van der Waals surface area contributed by atoms with Crippen molar-refractivity contribution in [2.45, 2.75) is 47.3 Å². The van der Waals surface area contributed by atoms with Crippen LogP contribution in [0.15, 0.2) is 48.5 Å². The average molecular weight is 298 g/mol.